The SMILES string of the molecule is N[C@@H](Cc1c[nH]c2ccccc12)C(=O)OC1(O)O[C@H](CO)[C@@H](O)[C@H](O)[C@@H]1O. The maximum absolute atomic E-state index is 12.3. The van der Waals surface area contributed by atoms with Gasteiger partial charge in [-0.3, -0.25) is 4.79 Å². The molecule has 6 atom stereocenters. The van der Waals surface area contributed by atoms with Gasteiger partial charge in [-0.05, 0) is 11.6 Å². The molecule has 0 saturated carbocycles. The Balaban J connectivity index is 1.71. The number of carbonyl (C=O) groups excluding carboxylic acids is 1. The van der Waals surface area contributed by atoms with E-state index in [4.69, 9.17) is 20.3 Å². The lowest BCUT2D eigenvalue weighted by atomic mass is 9.98. The number of fused-ring (bicyclic) bond motifs is 1. The average molecular weight is 382 g/mol. The number of aromatic amines is 1. The quantitative estimate of drug-likeness (QED) is 0.221. The van der Waals surface area contributed by atoms with Crippen molar-refractivity contribution in [1.82, 2.24) is 4.98 Å². The molecule has 2 heterocycles. The van der Waals surface area contributed by atoms with Crippen LogP contribution in [-0.4, -0.2) is 79.5 Å². The molecule has 1 aromatic heterocycles. The largest absolute Gasteiger partial charge is 0.404 e. The van der Waals surface area contributed by atoms with Gasteiger partial charge in [-0.2, -0.15) is 0 Å². The first kappa shape index (κ1) is 19.7. The molecule has 1 aromatic carbocycles. The van der Waals surface area contributed by atoms with Gasteiger partial charge in [0.25, 0.3) is 0 Å². The van der Waals surface area contributed by atoms with Crippen molar-refractivity contribution >= 4 is 16.9 Å². The maximum atomic E-state index is 12.3. The van der Waals surface area contributed by atoms with Gasteiger partial charge >= 0.3 is 11.9 Å². The molecule has 0 aliphatic carbocycles. The first-order valence-corrected chi connectivity index (χ1v) is 8.35. The van der Waals surface area contributed by atoms with Gasteiger partial charge in [-0.1, -0.05) is 18.2 Å². The number of aromatic nitrogens is 1. The fourth-order valence-electron chi connectivity index (χ4n) is 3.05. The van der Waals surface area contributed by atoms with Crippen LogP contribution in [0.1, 0.15) is 5.56 Å². The highest BCUT2D eigenvalue weighted by atomic mass is 16.8. The van der Waals surface area contributed by atoms with Crippen molar-refractivity contribution in [3.05, 3.63) is 36.0 Å². The third-order valence-electron chi connectivity index (χ3n) is 4.59. The Morgan fingerprint density at radius 1 is 1.30 bits per heavy atom. The van der Waals surface area contributed by atoms with Crippen LogP contribution in [0.15, 0.2) is 30.5 Å². The van der Waals surface area contributed by atoms with Crippen LogP contribution in [0.25, 0.3) is 10.9 Å². The lowest BCUT2D eigenvalue weighted by molar-refractivity contribution is -0.434. The molecule has 2 aromatic rings. The number of hydrogen-bond acceptors (Lipinski definition) is 9. The summed E-state index contributed by atoms with van der Waals surface area (Å²) in [6, 6.07) is 6.19. The highest BCUT2D eigenvalue weighted by molar-refractivity contribution is 5.84. The first-order chi connectivity index (χ1) is 12.8. The minimum atomic E-state index is -2.96. The van der Waals surface area contributed by atoms with Crippen molar-refractivity contribution in [2.45, 2.75) is 42.9 Å². The summed E-state index contributed by atoms with van der Waals surface area (Å²) in [5.74, 6) is -4.05. The zero-order chi connectivity index (χ0) is 19.8. The lowest BCUT2D eigenvalue weighted by Gasteiger charge is -2.43. The van der Waals surface area contributed by atoms with Crippen molar-refractivity contribution in [3.63, 3.8) is 0 Å². The van der Waals surface area contributed by atoms with Crippen molar-refractivity contribution in [1.29, 1.82) is 0 Å². The summed E-state index contributed by atoms with van der Waals surface area (Å²) in [4.78, 5) is 15.3. The van der Waals surface area contributed by atoms with Gasteiger partial charge in [0.2, 0.25) is 0 Å². The number of hydrogen-bond donors (Lipinski definition) is 7. The number of benzene rings is 1. The van der Waals surface area contributed by atoms with Gasteiger partial charge in [0.1, 0.15) is 24.4 Å². The molecule has 1 unspecified atom stereocenters. The Morgan fingerprint density at radius 2 is 2.00 bits per heavy atom. The number of ether oxygens (including phenoxy) is 2. The van der Waals surface area contributed by atoms with E-state index in [1.165, 1.54) is 0 Å². The van der Waals surface area contributed by atoms with Crippen LogP contribution in [0.4, 0.5) is 0 Å². The standard InChI is InChI=1S/C17H22N2O8/c18-10(5-8-6-19-11-4-2-1-3-9(8)11)16(24)27-17(25)15(23)14(22)13(21)12(7-20)26-17/h1-4,6,10,12-15,19-23,25H,5,7,18H2/t10-,12+,13+,14-,15-,17?/m0/s1. The number of nitrogens with two attached hydrogens (primary N) is 1. The molecule has 0 bridgehead atoms. The van der Waals surface area contributed by atoms with E-state index in [0.717, 1.165) is 16.5 Å². The van der Waals surface area contributed by atoms with E-state index in [1.54, 1.807) is 6.20 Å². The van der Waals surface area contributed by atoms with E-state index in [2.05, 4.69) is 4.98 Å². The van der Waals surface area contributed by atoms with Crippen molar-refractivity contribution in [2.75, 3.05) is 6.61 Å². The van der Waals surface area contributed by atoms with Gasteiger partial charge in [-0.25, -0.2) is 0 Å². The number of carbonyl (C=O) groups is 1. The highest BCUT2D eigenvalue weighted by Gasteiger charge is 2.56. The van der Waals surface area contributed by atoms with Gasteiger partial charge in [0.15, 0.2) is 6.10 Å². The number of rotatable bonds is 5. The molecule has 10 heteroatoms. The molecule has 10 nitrogen and oxygen atoms in total. The number of esters is 1. The second-order valence-electron chi connectivity index (χ2n) is 6.49. The summed E-state index contributed by atoms with van der Waals surface area (Å²) in [6.45, 7) is -0.786. The van der Waals surface area contributed by atoms with Crippen LogP contribution < -0.4 is 5.73 Å². The number of nitrogens with one attached hydrogen (secondary N) is 1. The average Bonchev–Trinajstić information content (AvgIpc) is 3.06. The minimum Gasteiger partial charge on any atom is -0.404 e. The summed E-state index contributed by atoms with van der Waals surface area (Å²) in [7, 11) is 0. The zero-order valence-corrected chi connectivity index (χ0v) is 14.2. The summed E-state index contributed by atoms with van der Waals surface area (Å²) in [5.41, 5.74) is 7.46. The van der Waals surface area contributed by atoms with Crippen molar-refractivity contribution < 1.29 is 39.8 Å². The normalized spacial score (nSPS) is 32.4. The number of para-hydroxylation sites is 1. The fourth-order valence-corrected chi connectivity index (χ4v) is 3.05. The molecule has 1 aliphatic heterocycles. The van der Waals surface area contributed by atoms with Crippen LogP contribution >= 0.6 is 0 Å². The zero-order valence-electron chi connectivity index (χ0n) is 14.2. The third-order valence-corrected chi connectivity index (χ3v) is 4.59. The van der Waals surface area contributed by atoms with E-state index in [0.29, 0.717) is 0 Å². The number of aliphatic hydroxyl groups is 5. The Morgan fingerprint density at radius 3 is 2.70 bits per heavy atom. The summed E-state index contributed by atoms with van der Waals surface area (Å²) >= 11 is 0. The molecule has 148 valence electrons. The number of aliphatic hydroxyl groups excluding tert-OH is 4. The van der Waals surface area contributed by atoms with Crippen molar-refractivity contribution in [3.8, 4) is 0 Å². The molecule has 0 spiro atoms. The van der Waals surface area contributed by atoms with E-state index < -0.39 is 49.0 Å². The van der Waals surface area contributed by atoms with Gasteiger partial charge in [0.05, 0.1) is 6.61 Å². The Hall–Kier alpha value is -2.05. The predicted octanol–water partition coefficient (Wildman–Crippen LogP) is -2.30. The summed E-state index contributed by atoms with van der Waals surface area (Å²) < 4.78 is 9.68. The van der Waals surface area contributed by atoms with Gasteiger partial charge in [0, 0.05) is 23.5 Å². The summed E-state index contributed by atoms with van der Waals surface area (Å²) in [5, 5.41) is 49.7. The van der Waals surface area contributed by atoms with Crippen LogP contribution in [0.3, 0.4) is 0 Å². The summed E-state index contributed by atoms with van der Waals surface area (Å²) in [6.07, 6.45) is -5.43. The lowest BCUT2D eigenvalue weighted by Crippen LogP contribution is -2.67. The topological polar surface area (TPSA) is 178 Å². The van der Waals surface area contributed by atoms with E-state index in [-0.39, 0.29) is 6.42 Å². The number of H-pyrrole nitrogens is 1. The monoisotopic (exact) mass is 382 g/mol. The fraction of sp³-hybridized carbons (Fsp3) is 0.471. The van der Waals surface area contributed by atoms with Gasteiger partial charge < -0.3 is 45.7 Å². The third kappa shape index (κ3) is 3.69. The molecule has 1 aliphatic rings. The second-order valence-corrected chi connectivity index (χ2v) is 6.49. The minimum absolute atomic E-state index is 0.0730. The van der Waals surface area contributed by atoms with Crippen molar-refractivity contribution in [2.24, 2.45) is 5.73 Å². The van der Waals surface area contributed by atoms with Crippen LogP contribution in [0, 0.1) is 0 Å². The Bertz CT molecular complexity index is 809. The predicted molar refractivity (Wildman–Crippen MR) is 91.0 cm³/mol. The molecular weight excluding hydrogens is 360 g/mol. The second kappa shape index (κ2) is 7.52. The van der Waals surface area contributed by atoms with Gasteiger partial charge in [-0.15, -0.1) is 0 Å². The molecular formula is C17H22N2O8. The molecule has 0 amide bonds. The molecule has 1 fully saturated rings. The van der Waals surface area contributed by atoms with E-state index >= 15 is 0 Å². The molecule has 27 heavy (non-hydrogen) atoms. The first-order valence-electron chi connectivity index (χ1n) is 8.35. The Kier molecular flexibility index (Phi) is 5.49. The highest BCUT2D eigenvalue weighted by Crippen LogP contribution is 2.30. The molecule has 3 rings (SSSR count). The Labute approximate surface area is 153 Å². The molecule has 0 radical (unpaired) electrons. The molecule has 8 N–H and O–H groups in total. The maximum Gasteiger partial charge on any atom is 0.357 e. The van der Waals surface area contributed by atoms with Crippen LogP contribution in [0.2, 0.25) is 0 Å². The smallest absolute Gasteiger partial charge is 0.357 e. The van der Waals surface area contributed by atoms with Crippen LogP contribution in [0.5, 0.6) is 0 Å². The van der Waals surface area contributed by atoms with E-state index in [9.17, 15) is 25.2 Å². The van der Waals surface area contributed by atoms with Crippen LogP contribution in [-0.2, 0) is 20.7 Å². The molecule has 1 saturated heterocycles. The van der Waals surface area contributed by atoms with E-state index in [1.807, 2.05) is 24.3 Å².